The molecular formula is C24H18N6OS2. The number of pyridine rings is 1. The zero-order valence-corrected chi connectivity index (χ0v) is 19.0. The van der Waals surface area contributed by atoms with Crippen molar-refractivity contribution >= 4 is 34.1 Å². The molecule has 0 radical (unpaired) electrons. The van der Waals surface area contributed by atoms with Gasteiger partial charge >= 0.3 is 0 Å². The van der Waals surface area contributed by atoms with Crippen LogP contribution in [0.3, 0.4) is 0 Å². The van der Waals surface area contributed by atoms with E-state index in [2.05, 4.69) is 25.5 Å². The molecular weight excluding hydrogens is 452 g/mol. The van der Waals surface area contributed by atoms with Crippen molar-refractivity contribution in [3.63, 3.8) is 0 Å². The van der Waals surface area contributed by atoms with E-state index in [1.807, 2.05) is 88.8 Å². The van der Waals surface area contributed by atoms with Gasteiger partial charge in [-0.1, -0.05) is 66.4 Å². The predicted molar refractivity (Wildman–Crippen MR) is 131 cm³/mol. The lowest BCUT2D eigenvalue weighted by Crippen LogP contribution is -2.14. The Hall–Kier alpha value is -3.82. The molecule has 0 aliphatic carbocycles. The van der Waals surface area contributed by atoms with Gasteiger partial charge in [-0.25, -0.2) is 4.98 Å². The molecule has 2 aromatic carbocycles. The molecule has 3 heterocycles. The lowest BCUT2D eigenvalue weighted by atomic mass is 10.2. The minimum Gasteiger partial charge on any atom is -0.301 e. The summed E-state index contributed by atoms with van der Waals surface area (Å²) >= 11 is 2.70. The molecule has 0 bridgehead atoms. The van der Waals surface area contributed by atoms with E-state index in [4.69, 9.17) is 0 Å². The first-order valence-corrected chi connectivity index (χ1v) is 12.0. The van der Waals surface area contributed by atoms with Crippen LogP contribution in [0.5, 0.6) is 0 Å². The summed E-state index contributed by atoms with van der Waals surface area (Å²) in [6, 6.07) is 25.4. The molecule has 1 amide bonds. The van der Waals surface area contributed by atoms with Crippen LogP contribution in [0.4, 0.5) is 5.13 Å². The molecule has 0 unspecified atom stereocenters. The van der Waals surface area contributed by atoms with Gasteiger partial charge in [0.2, 0.25) is 5.91 Å². The predicted octanol–water partition coefficient (Wildman–Crippen LogP) is 5.18. The van der Waals surface area contributed by atoms with Gasteiger partial charge in [0.1, 0.15) is 5.69 Å². The van der Waals surface area contributed by atoms with E-state index in [1.54, 1.807) is 6.20 Å². The summed E-state index contributed by atoms with van der Waals surface area (Å²) in [5.74, 6) is 0.744. The molecule has 0 saturated heterocycles. The number of thioether (sulfide) groups is 1. The number of hydrogen-bond donors (Lipinski definition) is 1. The van der Waals surface area contributed by atoms with Gasteiger partial charge < -0.3 is 5.32 Å². The zero-order valence-electron chi connectivity index (χ0n) is 17.3. The molecule has 162 valence electrons. The van der Waals surface area contributed by atoms with Crippen LogP contribution in [0.25, 0.3) is 28.5 Å². The maximum atomic E-state index is 12.6. The van der Waals surface area contributed by atoms with E-state index >= 15 is 0 Å². The van der Waals surface area contributed by atoms with Crippen molar-refractivity contribution < 1.29 is 4.79 Å². The highest BCUT2D eigenvalue weighted by Gasteiger charge is 2.17. The smallest absolute Gasteiger partial charge is 0.236 e. The average Bonchev–Trinajstić information content (AvgIpc) is 3.52. The molecule has 0 aliphatic heterocycles. The number of nitrogens with one attached hydrogen (secondary N) is 1. The molecule has 0 saturated carbocycles. The number of benzene rings is 2. The van der Waals surface area contributed by atoms with Crippen LogP contribution in [0.15, 0.2) is 95.6 Å². The third-order valence-corrected chi connectivity index (χ3v) is 6.38. The summed E-state index contributed by atoms with van der Waals surface area (Å²) in [6.07, 6.45) is 1.72. The minimum atomic E-state index is -0.161. The van der Waals surface area contributed by atoms with E-state index < -0.39 is 0 Å². The molecule has 5 rings (SSSR count). The van der Waals surface area contributed by atoms with Crippen molar-refractivity contribution in [2.75, 3.05) is 11.1 Å². The maximum Gasteiger partial charge on any atom is 0.236 e. The van der Waals surface area contributed by atoms with Gasteiger partial charge in [-0.15, -0.1) is 21.5 Å². The summed E-state index contributed by atoms with van der Waals surface area (Å²) in [6.45, 7) is 0. The molecule has 3 aromatic heterocycles. The largest absolute Gasteiger partial charge is 0.301 e. The molecule has 5 aromatic rings. The number of carbonyl (C=O) groups excluding carboxylic acids is 1. The van der Waals surface area contributed by atoms with Crippen LogP contribution in [-0.4, -0.2) is 36.4 Å². The van der Waals surface area contributed by atoms with Crippen molar-refractivity contribution in [3.8, 4) is 28.5 Å². The zero-order chi connectivity index (χ0) is 22.5. The topological polar surface area (TPSA) is 85.6 Å². The Morgan fingerprint density at radius 1 is 0.909 bits per heavy atom. The number of rotatable bonds is 7. The van der Waals surface area contributed by atoms with Gasteiger partial charge in [-0.3, -0.25) is 14.3 Å². The van der Waals surface area contributed by atoms with Gasteiger partial charge in [0.05, 0.1) is 11.4 Å². The summed E-state index contributed by atoms with van der Waals surface area (Å²) in [4.78, 5) is 21.4. The van der Waals surface area contributed by atoms with Gasteiger partial charge in [-0.05, 0) is 24.3 Å². The Balaban J connectivity index is 1.32. The van der Waals surface area contributed by atoms with Crippen molar-refractivity contribution in [1.82, 2.24) is 24.7 Å². The standard InChI is InChI=1S/C24H18N6OS2/c31-21(27-23-26-20(15-32-23)19-13-7-8-14-25-19)16-33-24-29-28-22(17-9-3-1-4-10-17)30(24)18-11-5-2-6-12-18/h1-15H,16H2,(H,26,27,31). The SMILES string of the molecule is O=C(CSc1nnc(-c2ccccc2)n1-c1ccccc1)Nc1nc(-c2ccccn2)cs1. The number of para-hydroxylation sites is 1. The summed E-state index contributed by atoms with van der Waals surface area (Å²) in [5, 5.41) is 14.7. The van der Waals surface area contributed by atoms with Crippen LogP contribution < -0.4 is 5.32 Å². The van der Waals surface area contributed by atoms with Crippen LogP contribution >= 0.6 is 23.1 Å². The third kappa shape index (κ3) is 4.84. The Kier molecular flexibility index (Phi) is 6.23. The van der Waals surface area contributed by atoms with Crippen molar-refractivity contribution in [1.29, 1.82) is 0 Å². The quantitative estimate of drug-likeness (QED) is 0.330. The number of aromatic nitrogens is 5. The second kappa shape index (κ2) is 9.76. The van der Waals surface area contributed by atoms with Crippen molar-refractivity contribution in [2.45, 2.75) is 5.16 Å². The number of hydrogen-bond acceptors (Lipinski definition) is 7. The van der Waals surface area contributed by atoms with E-state index in [-0.39, 0.29) is 11.7 Å². The molecule has 9 heteroatoms. The normalized spacial score (nSPS) is 10.8. The van der Waals surface area contributed by atoms with E-state index in [0.29, 0.717) is 10.3 Å². The van der Waals surface area contributed by atoms with E-state index in [9.17, 15) is 4.79 Å². The molecule has 7 nitrogen and oxygen atoms in total. The fraction of sp³-hybridized carbons (Fsp3) is 0.0417. The first-order valence-electron chi connectivity index (χ1n) is 10.1. The number of amides is 1. The van der Waals surface area contributed by atoms with Gasteiger partial charge in [-0.2, -0.15) is 0 Å². The Bertz CT molecular complexity index is 1350. The van der Waals surface area contributed by atoms with Crippen LogP contribution in [0.1, 0.15) is 0 Å². The molecule has 0 aliphatic rings. The summed E-state index contributed by atoms with van der Waals surface area (Å²) in [5.41, 5.74) is 3.40. The monoisotopic (exact) mass is 470 g/mol. The van der Waals surface area contributed by atoms with Crippen molar-refractivity contribution in [3.05, 3.63) is 90.4 Å². The van der Waals surface area contributed by atoms with Gasteiger partial charge in [0.15, 0.2) is 16.1 Å². The maximum absolute atomic E-state index is 12.6. The molecule has 0 spiro atoms. The number of thiazole rings is 1. The van der Waals surface area contributed by atoms with Crippen LogP contribution in [-0.2, 0) is 4.79 Å². The average molecular weight is 471 g/mol. The molecule has 33 heavy (non-hydrogen) atoms. The molecule has 0 fully saturated rings. The van der Waals surface area contributed by atoms with Crippen molar-refractivity contribution in [2.24, 2.45) is 0 Å². The van der Waals surface area contributed by atoms with Crippen LogP contribution in [0, 0.1) is 0 Å². The Morgan fingerprint density at radius 3 is 2.42 bits per heavy atom. The second-order valence-electron chi connectivity index (χ2n) is 6.93. The fourth-order valence-electron chi connectivity index (χ4n) is 3.20. The fourth-order valence-corrected chi connectivity index (χ4v) is 4.67. The van der Waals surface area contributed by atoms with E-state index in [1.165, 1.54) is 23.1 Å². The third-order valence-electron chi connectivity index (χ3n) is 4.69. The number of carbonyl (C=O) groups is 1. The highest BCUT2D eigenvalue weighted by atomic mass is 32.2. The number of nitrogens with zero attached hydrogens (tertiary/aromatic N) is 5. The summed E-state index contributed by atoms with van der Waals surface area (Å²) in [7, 11) is 0. The Morgan fingerprint density at radius 2 is 1.67 bits per heavy atom. The highest BCUT2D eigenvalue weighted by molar-refractivity contribution is 7.99. The lowest BCUT2D eigenvalue weighted by Gasteiger charge is -2.10. The Labute approximate surface area is 198 Å². The van der Waals surface area contributed by atoms with E-state index in [0.717, 1.165) is 28.5 Å². The molecule has 1 N–H and O–H groups in total. The molecule has 0 atom stereocenters. The second-order valence-corrected chi connectivity index (χ2v) is 8.73. The highest BCUT2D eigenvalue weighted by Crippen LogP contribution is 2.28. The summed E-state index contributed by atoms with van der Waals surface area (Å²) < 4.78 is 1.97. The lowest BCUT2D eigenvalue weighted by molar-refractivity contribution is -0.113. The minimum absolute atomic E-state index is 0.161. The van der Waals surface area contributed by atoms with Crippen LogP contribution in [0.2, 0.25) is 0 Å². The van der Waals surface area contributed by atoms with Gasteiger partial charge in [0.25, 0.3) is 0 Å². The first kappa shape index (κ1) is 21.0. The number of anilines is 1. The first-order chi connectivity index (χ1) is 16.3. The van der Waals surface area contributed by atoms with Gasteiger partial charge in [0, 0.05) is 22.8 Å².